The van der Waals surface area contributed by atoms with Crippen molar-refractivity contribution in [3.63, 3.8) is 0 Å². The first-order valence-electron chi connectivity index (χ1n) is 7.61. The third kappa shape index (κ3) is 3.78. The molecule has 1 unspecified atom stereocenters. The second-order valence-electron chi connectivity index (χ2n) is 5.51. The van der Waals surface area contributed by atoms with Crippen LogP contribution in [0.5, 0.6) is 0 Å². The van der Waals surface area contributed by atoms with Crippen molar-refractivity contribution in [1.82, 2.24) is 4.90 Å². The molecule has 25 heavy (non-hydrogen) atoms. The summed E-state index contributed by atoms with van der Waals surface area (Å²) in [5.74, 6) is -1.53. The first-order chi connectivity index (χ1) is 11.8. The van der Waals surface area contributed by atoms with E-state index in [0.29, 0.717) is 10.5 Å². The molecule has 8 heteroatoms. The van der Waals surface area contributed by atoms with Gasteiger partial charge in [0.25, 0.3) is 0 Å². The number of rotatable bonds is 3. The quantitative estimate of drug-likeness (QED) is 0.614. The van der Waals surface area contributed by atoms with Gasteiger partial charge < -0.3 is 9.47 Å². The van der Waals surface area contributed by atoms with Crippen LogP contribution in [-0.4, -0.2) is 42.3 Å². The summed E-state index contributed by atoms with van der Waals surface area (Å²) < 4.78 is 50.8. The molecule has 0 saturated heterocycles. The molecule has 2 rings (SSSR count). The largest absolute Gasteiger partial charge is 0.467 e. The molecule has 0 N–H and O–H groups in total. The molecule has 5 nitrogen and oxygen atoms in total. The average molecular weight is 357 g/mol. The maximum Gasteiger partial charge on any atom is 0.422 e. The van der Waals surface area contributed by atoms with Crippen LogP contribution < -0.4 is 0 Å². The van der Waals surface area contributed by atoms with E-state index in [9.17, 15) is 22.8 Å². The molecule has 0 bridgehead atoms. The number of methoxy groups -OCH3 is 1. The van der Waals surface area contributed by atoms with Gasteiger partial charge in [0.05, 0.1) is 7.11 Å². The SMILES string of the molecule is COC(=O)C1(C(F)(F)F)CCC=CCN1C(=O)OCc1ccccc1. The van der Waals surface area contributed by atoms with Gasteiger partial charge in [-0.3, -0.25) is 4.90 Å². The molecular weight excluding hydrogens is 339 g/mol. The fourth-order valence-corrected chi connectivity index (χ4v) is 2.70. The summed E-state index contributed by atoms with van der Waals surface area (Å²) in [7, 11) is 0.863. The Morgan fingerprint density at radius 3 is 2.48 bits per heavy atom. The van der Waals surface area contributed by atoms with E-state index in [4.69, 9.17) is 4.74 Å². The van der Waals surface area contributed by atoms with Crippen molar-refractivity contribution in [1.29, 1.82) is 0 Å². The normalized spacial score (nSPS) is 20.7. The smallest absolute Gasteiger partial charge is 0.422 e. The van der Waals surface area contributed by atoms with Crippen LogP contribution in [0.15, 0.2) is 42.5 Å². The van der Waals surface area contributed by atoms with Gasteiger partial charge in [-0.25, -0.2) is 9.59 Å². The number of benzene rings is 1. The number of carbonyl (C=O) groups is 2. The number of alkyl halides is 3. The van der Waals surface area contributed by atoms with Gasteiger partial charge in [0.1, 0.15) is 6.61 Å². The monoisotopic (exact) mass is 357 g/mol. The van der Waals surface area contributed by atoms with Gasteiger partial charge >= 0.3 is 18.2 Å². The first kappa shape index (κ1) is 18.8. The highest BCUT2D eigenvalue weighted by Gasteiger charge is 2.66. The Labute approximate surface area is 143 Å². The van der Waals surface area contributed by atoms with Crippen molar-refractivity contribution in [2.24, 2.45) is 0 Å². The van der Waals surface area contributed by atoms with E-state index in [1.165, 1.54) is 12.2 Å². The molecule has 1 aromatic rings. The Balaban J connectivity index is 2.30. The molecule has 0 fully saturated rings. The van der Waals surface area contributed by atoms with Gasteiger partial charge in [-0.15, -0.1) is 0 Å². The molecule has 0 spiro atoms. The molecule has 0 aliphatic carbocycles. The van der Waals surface area contributed by atoms with Crippen LogP contribution in [-0.2, 0) is 20.9 Å². The summed E-state index contributed by atoms with van der Waals surface area (Å²) >= 11 is 0. The van der Waals surface area contributed by atoms with Crippen LogP contribution in [0.3, 0.4) is 0 Å². The molecule has 1 aliphatic heterocycles. The molecule has 1 heterocycles. The standard InChI is InChI=1S/C17H18F3NO4/c1-24-14(22)16(17(18,19)20)10-6-3-7-11-21(16)15(23)25-12-13-8-4-2-5-9-13/h2-5,7-9H,6,10-12H2,1H3. The summed E-state index contributed by atoms with van der Waals surface area (Å²) in [6.07, 6.45) is -3.97. The van der Waals surface area contributed by atoms with Crippen LogP contribution >= 0.6 is 0 Å². The minimum Gasteiger partial charge on any atom is -0.467 e. The Hall–Kier alpha value is -2.51. The topological polar surface area (TPSA) is 55.8 Å². The lowest BCUT2D eigenvalue weighted by molar-refractivity contribution is -0.234. The maximum absolute atomic E-state index is 13.8. The van der Waals surface area contributed by atoms with Crippen molar-refractivity contribution in [2.75, 3.05) is 13.7 Å². The zero-order chi connectivity index (χ0) is 18.5. The second-order valence-corrected chi connectivity index (χ2v) is 5.51. The van der Waals surface area contributed by atoms with E-state index < -0.39 is 36.7 Å². The molecule has 136 valence electrons. The zero-order valence-electron chi connectivity index (χ0n) is 13.6. The van der Waals surface area contributed by atoms with Crippen molar-refractivity contribution in [3.05, 3.63) is 48.0 Å². The average Bonchev–Trinajstić information content (AvgIpc) is 2.83. The number of hydrogen-bond acceptors (Lipinski definition) is 4. The molecule has 0 saturated carbocycles. The number of halogens is 3. The Kier molecular flexibility index (Phi) is 5.71. The summed E-state index contributed by atoms with van der Waals surface area (Å²) in [5.41, 5.74) is -2.45. The Morgan fingerprint density at radius 1 is 1.20 bits per heavy atom. The fraction of sp³-hybridized carbons (Fsp3) is 0.412. The molecule has 1 amide bonds. The summed E-state index contributed by atoms with van der Waals surface area (Å²) in [5, 5.41) is 0. The lowest BCUT2D eigenvalue weighted by Crippen LogP contribution is -2.65. The van der Waals surface area contributed by atoms with Gasteiger partial charge in [-0.2, -0.15) is 13.2 Å². The predicted octanol–water partition coefficient (Wildman–Crippen LogP) is 3.45. The molecule has 1 aromatic carbocycles. The Morgan fingerprint density at radius 2 is 1.88 bits per heavy atom. The molecule has 1 aliphatic rings. The lowest BCUT2D eigenvalue weighted by atomic mass is 9.91. The van der Waals surface area contributed by atoms with Gasteiger partial charge in [0.2, 0.25) is 5.54 Å². The summed E-state index contributed by atoms with van der Waals surface area (Å²) in [6.45, 7) is -0.600. The first-order valence-corrected chi connectivity index (χ1v) is 7.61. The second kappa shape index (κ2) is 7.58. The van der Waals surface area contributed by atoms with Crippen LogP contribution in [0.2, 0.25) is 0 Å². The number of hydrogen-bond donors (Lipinski definition) is 0. The van der Waals surface area contributed by atoms with E-state index in [0.717, 1.165) is 7.11 Å². The summed E-state index contributed by atoms with van der Waals surface area (Å²) in [4.78, 5) is 24.8. The van der Waals surface area contributed by atoms with Gasteiger partial charge in [0.15, 0.2) is 0 Å². The molecule has 0 radical (unpaired) electrons. The fourth-order valence-electron chi connectivity index (χ4n) is 2.70. The molecular formula is C17H18F3NO4. The van der Waals surface area contributed by atoms with E-state index in [1.807, 2.05) is 0 Å². The van der Waals surface area contributed by atoms with Gasteiger partial charge in [-0.05, 0) is 18.4 Å². The minimum atomic E-state index is -5.00. The predicted molar refractivity (Wildman–Crippen MR) is 82.5 cm³/mol. The van der Waals surface area contributed by atoms with E-state index in [2.05, 4.69) is 4.74 Å². The molecule has 0 aromatic heterocycles. The van der Waals surface area contributed by atoms with E-state index in [1.54, 1.807) is 30.3 Å². The maximum atomic E-state index is 13.8. The third-order valence-electron chi connectivity index (χ3n) is 4.01. The van der Waals surface area contributed by atoms with Crippen LogP contribution in [0, 0.1) is 0 Å². The number of allylic oxidation sites excluding steroid dienone is 1. The van der Waals surface area contributed by atoms with Crippen LogP contribution in [0.25, 0.3) is 0 Å². The van der Waals surface area contributed by atoms with Gasteiger partial charge in [0, 0.05) is 6.54 Å². The number of carbonyl (C=O) groups excluding carboxylic acids is 2. The van der Waals surface area contributed by atoms with Gasteiger partial charge in [-0.1, -0.05) is 42.5 Å². The molecule has 1 atom stereocenters. The summed E-state index contributed by atoms with van der Waals surface area (Å²) in [6, 6.07) is 8.54. The lowest BCUT2D eigenvalue weighted by Gasteiger charge is -2.40. The number of esters is 1. The Bertz CT molecular complexity index is 645. The van der Waals surface area contributed by atoms with Crippen LogP contribution in [0.4, 0.5) is 18.0 Å². The minimum absolute atomic E-state index is 0.0168. The van der Waals surface area contributed by atoms with Crippen molar-refractivity contribution in [3.8, 4) is 0 Å². The highest BCUT2D eigenvalue weighted by molar-refractivity contribution is 5.87. The number of nitrogens with zero attached hydrogens (tertiary/aromatic N) is 1. The number of amides is 1. The van der Waals surface area contributed by atoms with Crippen molar-refractivity contribution >= 4 is 12.1 Å². The highest BCUT2D eigenvalue weighted by Crippen LogP contribution is 2.42. The van der Waals surface area contributed by atoms with Crippen LogP contribution in [0.1, 0.15) is 18.4 Å². The highest BCUT2D eigenvalue weighted by atomic mass is 19.4. The number of ether oxygens (including phenoxy) is 2. The third-order valence-corrected chi connectivity index (χ3v) is 4.01. The van der Waals surface area contributed by atoms with E-state index >= 15 is 0 Å². The van der Waals surface area contributed by atoms with E-state index in [-0.39, 0.29) is 13.0 Å². The zero-order valence-corrected chi connectivity index (χ0v) is 13.6. The van der Waals surface area contributed by atoms with Crippen molar-refractivity contribution in [2.45, 2.75) is 31.2 Å². The van der Waals surface area contributed by atoms with Crippen molar-refractivity contribution < 1.29 is 32.2 Å².